The molecule has 0 spiro atoms. The SMILES string of the molecule is CSc1n[n+]2c(c(=O)[nH]1)-c1ccccc1N[C@@H]2c1ccc(N(C)C)cc1. The van der Waals surface area contributed by atoms with Crippen molar-refractivity contribution < 1.29 is 4.68 Å². The van der Waals surface area contributed by atoms with Crippen molar-refractivity contribution in [1.29, 1.82) is 0 Å². The highest BCUT2D eigenvalue weighted by Gasteiger charge is 2.37. The summed E-state index contributed by atoms with van der Waals surface area (Å²) < 4.78 is 1.79. The second kappa shape index (κ2) is 6.49. The molecule has 3 aromatic rings. The molecule has 1 atom stereocenters. The van der Waals surface area contributed by atoms with E-state index in [0.717, 1.165) is 22.5 Å². The van der Waals surface area contributed by atoms with Gasteiger partial charge in [-0.2, -0.15) is 0 Å². The van der Waals surface area contributed by atoms with Gasteiger partial charge in [0.2, 0.25) is 5.16 Å². The summed E-state index contributed by atoms with van der Waals surface area (Å²) in [6, 6.07) is 16.1. The minimum absolute atomic E-state index is 0.131. The summed E-state index contributed by atoms with van der Waals surface area (Å²) in [7, 11) is 4.03. The van der Waals surface area contributed by atoms with Gasteiger partial charge < -0.3 is 10.2 Å². The van der Waals surface area contributed by atoms with Crippen molar-refractivity contribution in [1.82, 2.24) is 10.1 Å². The molecule has 2 aromatic carbocycles. The zero-order chi connectivity index (χ0) is 18.3. The van der Waals surface area contributed by atoms with Crippen LogP contribution in [0.3, 0.4) is 0 Å². The number of benzene rings is 2. The van der Waals surface area contributed by atoms with Crippen LogP contribution >= 0.6 is 11.8 Å². The number of thioether (sulfide) groups is 1. The predicted molar refractivity (Wildman–Crippen MR) is 105 cm³/mol. The maximum atomic E-state index is 12.8. The Kier molecular flexibility index (Phi) is 4.16. The standard InChI is InChI=1S/C19H19N5OS/c1-23(2)13-10-8-12(9-11-13)17-20-15-7-5-4-6-14(15)16-18(25)21-19(26-3)22-24(16)17/h4-11,17H,1-3H3,(H,21,22,25)/p+1/t17-/m0/s1. The third-order valence-electron chi connectivity index (χ3n) is 4.50. The Morgan fingerprint density at radius 1 is 1.12 bits per heavy atom. The van der Waals surface area contributed by atoms with E-state index in [1.54, 1.807) is 4.68 Å². The second-order valence-corrected chi connectivity index (χ2v) is 7.13. The number of aromatic amines is 1. The normalized spacial score (nSPS) is 15.0. The van der Waals surface area contributed by atoms with E-state index in [1.807, 2.05) is 44.6 Å². The molecule has 4 rings (SSSR count). The van der Waals surface area contributed by atoms with Gasteiger partial charge in [0.05, 0.1) is 11.3 Å². The molecule has 0 amide bonds. The maximum Gasteiger partial charge on any atom is 0.325 e. The van der Waals surface area contributed by atoms with Gasteiger partial charge in [-0.15, -0.1) is 0 Å². The highest BCUT2D eigenvalue weighted by molar-refractivity contribution is 7.98. The molecule has 0 aliphatic carbocycles. The second-order valence-electron chi connectivity index (χ2n) is 6.33. The van der Waals surface area contributed by atoms with Gasteiger partial charge in [-0.25, -0.2) is 0 Å². The number of rotatable bonds is 3. The monoisotopic (exact) mass is 366 g/mol. The summed E-state index contributed by atoms with van der Waals surface area (Å²) in [4.78, 5) is 17.7. The Labute approximate surface area is 155 Å². The quantitative estimate of drug-likeness (QED) is 0.551. The molecule has 1 aromatic heterocycles. The zero-order valence-electron chi connectivity index (χ0n) is 14.9. The number of anilines is 2. The van der Waals surface area contributed by atoms with E-state index < -0.39 is 0 Å². The predicted octanol–water partition coefficient (Wildman–Crippen LogP) is 2.48. The first kappa shape index (κ1) is 16.7. The number of hydrogen-bond acceptors (Lipinski definition) is 5. The first-order valence-electron chi connectivity index (χ1n) is 8.32. The van der Waals surface area contributed by atoms with E-state index >= 15 is 0 Å². The Morgan fingerprint density at radius 2 is 1.85 bits per heavy atom. The van der Waals surface area contributed by atoms with Crippen LogP contribution in [-0.2, 0) is 0 Å². The zero-order valence-corrected chi connectivity index (χ0v) is 15.7. The molecular weight excluding hydrogens is 346 g/mol. The number of H-pyrrole nitrogens is 1. The van der Waals surface area contributed by atoms with Gasteiger partial charge in [-0.05, 0) is 47.3 Å². The topological polar surface area (TPSA) is 64.9 Å². The van der Waals surface area contributed by atoms with Gasteiger partial charge in [0.25, 0.3) is 6.17 Å². The Hall–Kier alpha value is -2.80. The van der Waals surface area contributed by atoms with Crippen LogP contribution in [0, 0.1) is 0 Å². The van der Waals surface area contributed by atoms with Crippen molar-refractivity contribution in [3.8, 4) is 11.3 Å². The molecule has 2 heterocycles. The van der Waals surface area contributed by atoms with Crippen molar-refractivity contribution in [2.75, 3.05) is 30.6 Å². The van der Waals surface area contributed by atoms with E-state index in [4.69, 9.17) is 0 Å². The van der Waals surface area contributed by atoms with Crippen LogP contribution in [0.15, 0.2) is 58.5 Å². The number of aromatic nitrogens is 3. The maximum absolute atomic E-state index is 12.8. The molecule has 0 radical (unpaired) electrons. The van der Waals surface area contributed by atoms with E-state index in [-0.39, 0.29) is 11.7 Å². The molecule has 0 saturated heterocycles. The van der Waals surface area contributed by atoms with E-state index in [1.165, 1.54) is 11.8 Å². The molecule has 26 heavy (non-hydrogen) atoms. The fraction of sp³-hybridized carbons (Fsp3) is 0.211. The van der Waals surface area contributed by atoms with Gasteiger partial charge in [0, 0.05) is 30.4 Å². The van der Waals surface area contributed by atoms with Crippen LogP contribution in [0.25, 0.3) is 11.3 Å². The lowest BCUT2D eigenvalue weighted by molar-refractivity contribution is -0.759. The van der Waals surface area contributed by atoms with Gasteiger partial charge >= 0.3 is 11.3 Å². The molecule has 132 valence electrons. The first-order valence-corrected chi connectivity index (χ1v) is 9.54. The highest BCUT2D eigenvalue weighted by atomic mass is 32.2. The van der Waals surface area contributed by atoms with Crippen molar-refractivity contribution in [2.24, 2.45) is 0 Å². The molecule has 0 fully saturated rings. The lowest BCUT2D eigenvalue weighted by Crippen LogP contribution is -2.55. The van der Waals surface area contributed by atoms with Crippen molar-refractivity contribution in [3.63, 3.8) is 0 Å². The van der Waals surface area contributed by atoms with Crippen LogP contribution < -0.4 is 20.5 Å². The Bertz CT molecular complexity index is 1010. The number of fused-ring (bicyclic) bond motifs is 3. The lowest BCUT2D eigenvalue weighted by atomic mass is 10.0. The van der Waals surface area contributed by atoms with Crippen LogP contribution in [0.2, 0.25) is 0 Å². The van der Waals surface area contributed by atoms with Crippen LogP contribution in [0.1, 0.15) is 11.7 Å². The smallest absolute Gasteiger partial charge is 0.325 e. The molecule has 1 aliphatic heterocycles. The van der Waals surface area contributed by atoms with E-state index in [2.05, 4.69) is 44.6 Å². The van der Waals surface area contributed by atoms with Gasteiger partial charge in [-0.1, -0.05) is 23.9 Å². The molecule has 6 nitrogen and oxygen atoms in total. The third-order valence-corrected chi connectivity index (χ3v) is 5.07. The molecule has 7 heteroatoms. The van der Waals surface area contributed by atoms with Gasteiger partial charge in [0.1, 0.15) is 0 Å². The van der Waals surface area contributed by atoms with Crippen molar-refractivity contribution >= 4 is 23.1 Å². The van der Waals surface area contributed by atoms with E-state index in [0.29, 0.717) is 10.9 Å². The fourth-order valence-corrected chi connectivity index (χ4v) is 3.53. The van der Waals surface area contributed by atoms with Crippen LogP contribution in [-0.4, -0.2) is 30.4 Å². The highest BCUT2D eigenvalue weighted by Crippen LogP contribution is 2.31. The average Bonchev–Trinajstić information content (AvgIpc) is 2.67. The summed E-state index contributed by atoms with van der Waals surface area (Å²) in [6.45, 7) is 0. The van der Waals surface area contributed by atoms with Crippen LogP contribution in [0.4, 0.5) is 11.4 Å². The molecule has 0 bridgehead atoms. The summed E-state index contributed by atoms with van der Waals surface area (Å²) >= 11 is 1.42. The summed E-state index contributed by atoms with van der Waals surface area (Å²) in [5, 5.41) is 8.77. The third kappa shape index (κ3) is 2.74. The number of nitrogens with one attached hydrogen (secondary N) is 2. The summed E-state index contributed by atoms with van der Waals surface area (Å²) in [6.07, 6.45) is 1.65. The average molecular weight is 366 g/mol. The van der Waals surface area contributed by atoms with Crippen LogP contribution in [0.5, 0.6) is 0 Å². The van der Waals surface area contributed by atoms with Crippen molar-refractivity contribution in [2.45, 2.75) is 11.3 Å². The number of para-hydroxylation sites is 1. The van der Waals surface area contributed by atoms with E-state index in [9.17, 15) is 4.79 Å². The fourth-order valence-electron chi connectivity index (χ4n) is 3.16. The minimum atomic E-state index is -0.246. The molecule has 0 saturated carbocycles. The lowest BCUT2D eigenvalue weighted by Gasteiger charge is -2.22. The molecule has 0 unspecified atom stereocenters. The van der Waals surface area contributed by atoms with Gasteiger partial charge in [-0.3, -0.25) is 9.78 Å². The number of hydrogen-bond donors (Lipinski definition) is 2. The number of nitrogens with zero attached hydrogens (tertiary/aromatic N) is 3. The summed E-state index contributed by atoms with van der Waals surface area (Å²) in [5.74, 6) is 0. The molecular formula is C19H20N5OS+. The Morgan fingerprint density at radius 3 is 2.54 bits per heavy atom. The largest absolute Gasteiger partial charge is 0.378 e. The molecule has 1 aliphatic rings. The van der Waals surface area contributed by atoms with Crippen molar-refractivity contribution in [3.05, 3.63) is 64.4 Å². The Balaban J connectivity index is 1.90. The minimum Gasteiger partial charge on any atom is -0.378 e. The molecule has 2 N–H and O–H groups in total. The summed E-state index contributed by atoms with van der Waals surface area (Å²) in [5.41, 5.74) is 4.39. The van der Waals surface area contributed by atoms with Gasteiger partial charge in [0.15, 0.2) is 0 Å². The first-order chi connectivity index (χ1) is 12.6.